The topological polar surface area (TPSA) is 24.9 Å². The van der Waals surface area contributed by atoms with Crippen LogP contribution in [-0.2, 0) is 6.54 Å². The van der Waals surface area contributed by atoms with Gasteiger partial charge in [0, 0.05) is 23.7 Å². The first-order valence-corrected chi connectivity index (χ1v) is 6.70. The highest BCUT2D eigenvalue weighted by atomic mass is 32.1. The van der Waals surface area contributed by atoms with E-state index >= 15 is 0 Å². The molecule has 2 nitrogen and oxygen atoms in total. The van der Waals surface area contributed by atoms with Crippen molar-refractivity contribution in [3.8, 4) is 0 Å². The molecule has 2 rings (SSSR count). The van der Waals surface area contributed by atoms with E-state index in [0.29, 0.717) is 0 Å². The van der Waals surface area contributed by atoms with Crippen LogP contribution in [0.5, 0.6) is 0 Å². The summed E-state index contributed by atoms with van der Waals surface area (Å²) in [6, 6.07) is 0.727. The Balaban J connectivity index is 1.74. The quantitative estimate of drug-likeness (QED) is 0.853. The zero-order valence-electron chi connectivity index (χ0n) is 9.62. The molecule has 0 atom stereocenters. The van der Waals surface area contributed by atoms with Gasteiger partial charge in [0.25, 0.3) is 0 Å². The Hall–Kier alpha value is -0.410. The van der Waals surface area contributed by atoms with E-state index in [4.69, 9.17) is 0 Å². The molecule has 0 spiro atoms. The second kappa shape index (κ2) is 5.08. The van der Waals surface area contributed by atoms with E-state index in [9.17, 15) is 0 Å². The van der Waals surface area contributed by atoms with Gasteiger partial charge in [-0.05, 0) is 38.5 Å². The molecule has 1 aromatic heterocycles. The van der Waals surface area contributed by atoms with Crippen molar-refractivity contribution in [2.45, 2.75) is 52.1 Å². The van der Waals surface area contributed by atoms with E-state index < -0.39 is 0 Å². The molecule has 0 aliphatic heterocycles. The molecule has 0 bridgehead atoms. The molecule has 3 heteroatoms. The molecule has 1 saturated carbocycles. The second-order valence-corrected chi connectivity index (χ2v) is 6.02. The van der Waals surface area contributed by atoms with Gasteiger partial charge in [-0.25, -0.2) is 4.98 Å². The number of nitrogens with one attached hydrogen (secondary N) is 1. The lowest BCUT2D eigenvalue weighted by Crippen LogP contribution is -2.32. The number of aryl methyl sites for hydroxylation is 1. The third-order valence-electron chi connectivity index (χ3n) is 3.23. The van der Waals surface area contributed by atoms with E-state index in [2.05, 4.69) is 24.1 Å². The van der Waals surface area contributed by atoms with Crippen molar-refractivity contribution in [2.24, 2.45) is 5.92 Å². The number of thiazole rings is 1. The molecule has 0 radical (unpaired) electrons. The summed E-state index contributed by atoms with van der Waals surface area (Å²) in [5.41, 5.74) is 0. The first-order chi connectivity index (χ1) is 7.24. The van der Waals surface area contributed by atoms with Gasteiger partial charge in [-0.3, -0.25) is 0 Å². The van der Waals surface area contributed by atoms with Crippen LogP contribution in [0.25, 0.3) is 0 Å². The number of hydrogen-bond donors (Lipinski definition) is 1. The lowest BCUT2D eigenvalue weighted by atomic mass is 9.87. The van der Waals surface area contributed by atoms with Crippen molar-refractivity contribution in [1.82, 2.24) is 10.3 Å². The van der Waals surface area contributed by atoms with E-state index in [1.54, 1.807) is 11.3 Å². The Morgan fingerprint density at radius 1 is 1.40 bits per heavy atom. The average molecular weight is 224 g/mol. The van der Waals surface area contributed by atoms with Gasteiger partial charge in [0.15, 0.2) is 0 Å². The molecule has 0 amide bonds. The van der Waals surface area contributed by atoms with Crippen LogP contribution in [0.4, 0.5) is 0 Å². The minimum atomic E-state index is 0.727. The van der Waals surface area contributed by atoms with Gasteiger partial charge in [0.1, 0.15) is 5.01 Å². The van der Waals surface area contributed by atoms with Crippen molar-refractivity contribution in [3.63, 3.8) is 0 Å². The van der Waals surface area contributed by atoms with Crippen LogP contribution < -0.4 is 5.32 Å². The molecule has 0 saturated heterocycles. The molecule has 1 fully saturated rings. The normalized spacial score (nSPS) is 26.8. The fourth-order valence-electron chi connectivity index (χ4n) is 2.18. The van der Waals surface area contributed by atoms with E-state index in [1.165, 1.54) is 35.6 Å². The highest BCUT2D eigenvalue weighted by Crippen LogP contribution is 2.23. The monoisotopic (exact) mass is 224 g/mol. The van der Waals surface area contributed by atoms with E-state index in [0.717, 1.165) is 18.5 Å². The zero-order valence-corrected chi connectivity index (χ0v) is 10.4. The average Bonchev–Trinajstić information content (AvgIpc) is 2.64. The Bertz CT molecular complexity index is 300. The molecule has 15 heavy (non-hydrogen) atoms. The minimum absolute atomic E-state index is 0.727. The van der Waals surface area contributed by atoms with Gasteiger partial charge in [-0.2, -0.15) is 0 Å². The Morgan fingerprint density at radius 2 is 2.13 bits per heavy atom. The van der Waals surface area contributed by atoms with Gasteiger partial charge >= 0.3 is 0 Å². The van der Waals surface area contributed by atoms with Crippen molar-refractivity contribution >= 4 is 11.3 Å². The summed E-state index contributed by atoms with van der Waals surface area (Å²) in [6.45, 7) is 5.43. The summed E-state index contributed by atoms with van der Waals surface area (Å²) >= 11 is 1.80. The van der Waals surface area contributed by atoms with E-state index in [-0.39, 0.29) is 0 Å². The van der Waals surface area contributed by atoms with Crippen LogP contribution in [0, 0.1) is 12.8 Å². The Kier molecular flexibility index (Phi) is 3.76. The highest BCUT2D eigenvalue weighted by molar-refractivity contribution is 7.11. The summed E-state index contributed by atoms with van der Waals surface area (Å²) in [7, 11) is 0. The molecule has 1 aliphatic rings. The van der Waals surface area contributed by atoms with Gasteiger partial charge < -0.3 is 5.32 Å². The predicted molar refractivity (Wildman–Crippen MR) is 65.1 cm³/mol. The van der Waals surface area contributed by atoms with E-state index in [1.807, 2.05) is 6.20 Å². The summed E-state index contributed by atoms with van der Waals surface area (Å²) in [5, 5.41) is 4.85. The molecule has 1 heterocycles. The van der Waals surface area contributed by atoms with Gasteiger partial charge in [-0.15, -0.1) is 11.3 Å². The number of hydrogen-bond acceptors (Lipinski definition) is 3. The van der Waals surface area contributed by atoms with Crippen LogP contribution in [0.1, 0.15) is 42.5 Å². The lowest BCUT2D eigenvalue weighted by Gasteiger charge is -2.26. The highest BCUT2D eigenvalue weighted by Gasteiger charge is 2.17. The molecular weight excluding hydrogens is 204 g/mol. The van der Waals surface area contributed by atoms with Crippen molar-refractivity contribution < 1.29 is 0 Å². The lowest BCUT2D eigenvalue weighted by molar-refractivity contribution is 0.306. The Labute approximate surface area is 96.1 Å². The first-order valence-electron chi connectivity index (χ1n) is 5.88. The third kappa shape index (κ3) is 3.28. The van der Waals surface area contributed by atoms with Crippen LogP contribution in [0.15, 0.2) is 6.20 Å². The van der Waals surface area contributed by atoms with Crippen LogP contribution in [-0.4, -0.2) is 11.0 Å². The van der Waals surface area contributed by atoms with Crippen LogP contribution in [0.3, 0.4) is 0 Å². The van der Waals surface area contributed by atoms with Crippen molar-refractivity contribution in [2.75, 3.05) is 0 Å². The largest absolute Gasteiger partial charge is 0.308 e. The summed E-state index contributed by atoms with van der Waals surface area (Å²) in [5.74, 6) is 0.935. The van der Waals surface area contributed by atoms with Crippen molar-refractivity contribution in [1.29, 1.82) is 0 Å². The first kappa shape index (κ1) is 11.1. The predicted octanol–water partition coefficient (Wildman–Crippen LogP) is 3.12. The Morgan fingerprint density at radius 3 is 2.73 bits per heavy atom. The summed E-state index contributed by atoms with van der Waals surface area (Å²) in [4.78, 5) is 5.68. The number of rotatable bonds is 3. The maximum Gasteiger partial charge on any atom is 0.107 e. The molecule has 1 N–H and O–H groups in total. The smallest absolute Gasteiger partial charge is 0.107 e. The second-order valence-electron chi connectivity index (χ2n) is 4.70. The minimum Gasteiger partial charge on any atom is -0.308 e. The molecule has 84 valence electrons. The molecule has 1 aliphatic carbocycles. The number of aromatic nitrogens is 1. The SMILES string of the molecule is Cc1cnc(CNC2CCC(C)CC2)s1. The molecular formula is C12H20N2S. The fourth-order valence-corrected chi connectivity index (χ4v) is 2.92. The van der Waals surface area contributed by atoms with Gasteiger partial charge in [0.2, 0.25) is 0 Å². The summed E-state index contributed by atoms with van der Waals surface area (Å²) in [6.07, 6.45) is 7.41. The fraction of sp³-hybridized carbons (Fsp3) is 0.750. The number of nitrogens with zero attached hydrogens (tertiary/aromatic N) is 1. The van der Waals surface area contributed by atoms with Crippen LogP contribution in [0.2, 0.25) is 0 Å². The maximum atomic E-state index is 4.37. The maximum absolute atomic E-state index is 4.37. The van der Waals surface area contributed by atoms with Gasteiger partial charge in [0.05, 0.1) is 0 Å². The zero-order chi connectivity index (χ0) is 10.7. The van der Waals surface area contributed by atoms with Gasteiger partial charge in [-0.1, -0.05) is 6.92 Å². The van der Waals surface area contributed by atoms with Crippen molar-refractivity contribution in [3.05, 3.63) is 16.1 Å². The standard InChI is InChI=1S/C12H20N2S/c1-9-3-5-11(6-4-9)13-8-12-14-7-10(2)15-12/h7,9,11,13H,3-6,8H2,1-2H3. The van der Waals surface area contributed by atoms with Crippen LogP contribution >= 0.6 is 11.3 Å². The molecule has 1 aromatic rings. The molecule has 0 aromatic carbocycles. The molecule has 0 unspecified atom stereocenters. The third-order valence-corrected chi connectivity index (χ3v) is 4.14. The summed E-state index contributed by atoms with van der Waals surface area (Å²) < 4.78 is 0.